The van der Waals surface area contributed by atoms with Crippen LogP contribution in [0, 0.1) is 0 Å². The number of carbonyl (C=O) groups excluding carboxylic acids is 2. The second-order valence-corrected chi connectivity index (χ2v) is 6.33. The molecule has 24 heavy (non-hydrogen) atoms. The van der Waals surface area contributed by atoms with Gasteiger partial charge in [-0.2, -0.15) is 0 Å². The third-order valence-corrected chi connectivity index (χ3v) is 4.47. The van der Waals surface area contributed by atoms with Crippen LogP contribution in [-0.2, 0) is 4.79 Å². The molecule has 0 radical (unpaired) electrons. The standard InChI is InChI=1S/C17H9BrN2O4/c18-8-2-4-9-12(6-8)20-16(22)13(9)14-15(21)10-3-1-7(17(23)24)5-11(10)19-14/h1-6,19H,(H,20,22)(H,23,24)/b14-13-. The molecule has 1 amide bonds. The number of rotatable bonds is 1. The number of benzene rings is 2. The Morgan fingerprint density at radius 2 is 1.67 bits per heavy atom. The van der Waals surface area contributed by atoms with Crippen molar-refractivity contribution in [3.63, 3.8) is 0 Å². The Kier molecular flexibility index (Phi) is 3.07. The molecule has 6 nitrogen and oxygen atoms in total. The summed E-state index contributed by atoms with van der Waals surface area (Å²) >= 11 is 3.34. The lowest BCUT2D eigenvalue weighted by atomic mass is 10.0. The van der Waals surface area contributed by atoms with Gasteiger partial charge in [0.2, 0.25) is 5.78 Å². The van der Waals surface area contributed by atoms with Gasteiger partial charge in [-0.3, -0.25) is 9.59 Å². The van der Waals surface area contributed by atoms with Gasteiger partial charge in [0.1, 0.15) is 5.70 Å². The molecule has 0 spiro atoms. The summed E-state index contributed by atoms with van der Waals surface area (Å²) in [6.07, 6.45) is 0. The van der Waals surface area contributed by atoms with E-state index in [4.69, 9.17) is 5.11 Å². The third-order valence-electron chi connectivity index (χ3n) is 3.97. The summed E-state index contributed by atoms with van der Waals surface area (Å²) < 4.78 is 0.813. The number of aromatic carboxylic acids is 1. The normalized spacial score (nSPS) is 18.0. The molecule has 0 atom stereocenters. The number of Topliss-reactive ketones (excluding diaryl/α,β-unsaturated/α-hetero) is 1. The van der Waals surface area contributed by atoms with Crippen LogP contribution in [0.3, 0.4) is 0 Å². The molecule has 0 saturated carbocycles. The van der Waals surface area contributed by atoms with Crippen LogP contribution < -0.4 is 10.6 Å². The predicted molar refractivity (Wildman–Crippen MR) is 91.0 cm³/mol. The molecule has 4 rings (SSSR count). The van der Waals surface area contributed by atoms with Gasteiger partial charge >= 0.3 is 5.97 Å². The topological polar surface area (TPSA) is 95.5 Å². The van der Waals surface area contributed by atoms with Gasteiger partial charge in [0.05, 0.1) is 22.5 Å². The lowest BCUT2D eigenvalue weighted by Gasteiger charge is -2.04. The second kappa shape index (κ2) is 5.04. The Morgan fingerprint density at radius 1 is 0.958 bits per heavy atom. The molecule has 118 valence electrons. The minimum Gasteiger partial charge on any atom is -0.478 e. The molecule has 2 aliphatic heterocycles. The Bertz CT molecular complexity index is 994. The maximum Gasteiger partial charge on any atom is 0.335 e. The molecule has 2 heterocycles. The van der Waals surface area contributed by atoms with Crippen LogP contribution >= 0.6 is 15.9 Å². The highest BCUT2D eigenvalue weighted by atomic mass is 79.9. The fourth-order valence-electron chi connectivity index (χ4n) is 2.87. The van der Waals surface area contributed by atoms with Gasteiger partial charge in [-0.15, -0.1) is 0 Å². The van der Waals surface area contributed by atoms with Gasteiger partial charge in [-0.25, -0.2) is 4.79 Å². The van der Waals surface area contributed by atoms with Crippen LogP contribution in [0.25, 0.3) is 5.57 Å². The van der Waals surface area contributed by atoms with Crippen molar-refractivity contribution in [3.05, 3.63) is 63.3 Å². The van der Waals surface area contributed by atoms with Crippen LogP contribution in [0.4, 0.5) is 11.4 Å². The molecule has 2 aromatic carbocycles. The van der Waals surface area contributed by atoms with E-state index in [0.717, 1.165) is 4.47 Å². The van der Waals surface area contributed by atoms with E-state index in [2.05, 4.69) is 26.6 Å². The number of hydrogen-bond donors (Lipinski definition) is 3. The van der Waals surface area contributed by atoms with Crippen molar-refractivity contribution in [1.29, 1.82) is 0 Å². The molecule has 0 saturated heterocycles. The van der Waals surface area contributed by atoms with Gasteiger partial charge in [0.15, 0.2) is 0 Å². The number of carboxylic acid groups (broad SMARTS) is 1. The average molecular weight is 385 g/mol. The first kappa shape index (κ1) is 14.6. The summed E-state index contributed by atoms with van der Waals surface area (Å²) in [7, 11) is 0. The average Bonchev–Trinajstić information content (AvgIpc) is 3.02. The smallest absolute Gasteiger partial charge is 0.335 e. The Morgan fingerprint density at radius 3 is 2.42 bits per heavy atom. The van der Waals surface area contributed by atoms with E-state index in [-0.39, 0.29) is 28.5 Å². The zero-order chi connectivity index (χ0) is 17.0. The summed E-state index contributed by atoms with van der Waals surface area (Å²) in [4.78, 5) is 36.0. The van der Waals surface area contributed by atoms with E-state index in [9.17, 15) is 14.4 Å². The molecular weight excluding hydrogens is 376 g/mol. The van der Waals surface area contributed by atoms with Gasteiger partial charge < -0.3 is 15.7 Å². The van der Waals surface area contributed by atoms with Crippen molar-refractivity contribution < 1.29 is 19.5 Å². The van der Waals surface area contributed by atoms with Crippen molar-refractivity contribution in [2.24, 2.45) is 0 Å². The minimum absolute atomic E-state index is 0.0699. The monoisotopic (exact) mass is 384 g/mol. The number of allylic oxidation sites excluding steroid dienone is 1. The second-order valence-electron chi connectivity index (χ2n) is 5.41. The summed E-state index contributed by atoms with van der Waals surface area (Å²) in [5, 5.41) is 14.7. The van der Waals surface area contributed by atoms with Gasteiger partial charge in [0, 0.05) is 15.6 Å². The number of anilines is 2. The Labute approximate surface area is 144 Å². The highest BCUT2D eigenvalue weighted by Gasteiger charge is 2.35. The molecule has 3 N–H and O–H groups in total. The van der Waals surface area contributed by atoms with E-state index in [0.29, 0.717) is 22.5 Å². The first-order valence-electron chi connectivity index (χ1n) is 7.00. The van der Waals surface area contributed by atoms with Crippen LogP contribution in [0.15, 0.2) is 46.6 Å². The number of hydrogen-bond acceptors (Lipinski definition) is 4. The van der Waals surface area contributed by atoms with Crippen LogP contribution in [-0.4, -0.2) is 22.8 Å². The summed E-state index contributed by atoms with van der Waals surface area (Å²) in [6.45, 7) is 0. The Hall–Kier alpha value is -2.93. The molecule has 2 aromatic rings. The van der Waals surface area contributed by atoms with Crippen molar-refractivity contribution in [2.45, 2.75) is 0 Å². The molecule has 0 unspecified atom stereocenters. The summed E-state index contributed by atoms with van der Waals surface area (Å²) in [5.41, 5.74) is 2.47. The number of halogens is 1. The summed E-state index contributed by atoms with van der Waals surface area (Å²) in [5.74, 6) is -1.78. The van der Waals surface area contributed by atoms with Crippen LogP contribution in [0.1, 0.15) is 26.3 Å². The number of carbonyl (C=O) groups is 3. The first-order chi connectivity index (χ1) is 11.5. The van der Waals surface area contributed by atoms with Gasteiger partial charge in [0.25, 0.3) is 5.91 Å². The SMILES string of the molecule is O=C1Nc2cc(Br)ccc2/C1=C1/Nc2cc(C(=O)O)ccc2C1=O. The lowest BCUT2D eigenvalue weighted by molar-refractivity contribution is -0.110. The van der Waals surface area contributed by atoms with Crippen LogP contribution in [0.5, 0.6) is 0 Å². The van der Waals surface area contributed by atoms with Crippen molar-refractivity contribution in [2.75, 3.05) is 10.6 Å². The maximum absolute atomic E-state index is 12.6. The predicted octanol–water partition coefficient (Wildman–Crippen LogP) is 3.12. The fraction of sp³-hybridized carbons (Fsp3) is 0. The fourth-order valence-corrected chi connectivity index (χ4v) is 3.24. The van der Waals surface area contributed by atoms with Gasteiger partial charge in [-0.1, -0.05) is 22.0 Å². The highest BCUT2D eigenvalue weighted by Crippen LogP contribution is 2.39. The molecule has 0 aliphatic carbocycles. The molecule has 0 aromatic heterocycles. The van der Waals surface area contributed by atoms with Gasteiger partial charge in [-0.05, 0) is 30.3 Å². The minimum atomic E-state index is -1.08. The van der Waals surface area contributed by atoms with Crippen molar-refractivity contribution in [3.8, 4) is 0 Å². The molecule has 2 aliphatic rings. The lowest BCUT2D eigenvalue weighted by Crippen LogP contribution is -2.11. The van der Waals surface area contributed by atoms with E-state index in [1.165, 1.54) is 18.2 Å². The van der Waals surface area contributed by atoms with Crippen molar-refractivity contribution in [1.82, 2.24) is 0 Å². The third kappa shape index (κ3) is 2.05. The van der Waals surface area contributed by atoms with E-state index < -0.39 is 5.97 Å². The quantitative estimate of drug-likeness (QED) is 0.656. The number of carboxylic acids is 1. The molecule has 0 fully saturated rings. The highest BCUT2D eigenvalue weighted by molar-refractivity contribution is 9.10. The molecule has 0 bridgehead atoms. The molecular formula is C17H9BrN2O4. The number of nitrogens with one attached hydrogen (secondary N) is 2. The van der Waals surface area contributed by atoms with E-state index in [1.807, 2.05) is 0 Å². The van der Waals surface area contributed by atoms with Crippen LogP contribution in [0.2, 0.25) is 0 Å². The van der Waals surface area contributed by atoms with E-state index in [1.54, 1.807) is 18.2 Å². The number of amides is 1. The maximum atomic E-state index is 12.6. The zero-order valence-corrected chi connectivity index (χ0v) is 13.6. The van der Waals surface area contributed by atoms with Crippen molar-refractivity contribution >= 4 is 50.5 Å². The largest absolute Gasteiger partial charge is 0.478 e. The number of ketones is 1. The summed E-state index contributed by atoms with van der Waals surface area (Å²) in [6, 6.07) is 9.51. The Balaban J connectivity index is 1.87. The first-order valence-corrected chi connectivity index (χ1v) is 7.79. The molecule has 7 heteroatoms. The van der Waals surface area contributed by atoms with E-state index >= 15 is 0 Å². The number of fused-ring (bicyclic) bond motifs is 2. The zero-order valence-electron chi connectivity index (χ0n) is 12.0.